The summed E-state index contributed by atoms with van der Waals surface area (Å²) in [4.78, 5) is 30.9. The van der Waals surface area contributed by atoms with Crippen LogP contribution in [0.3, 0.4) is 0 Å². The summed E-state index contributed by atoms with van der Waals surface area (Å²) in [7, 11) is 3.02. The topological polar surface area (TPSA) is 93.9 Å². The summed E-state index contributed by atoms with van der Waals surface area (Å²) in [5.41, 5.74) is -0.197. The molecule has 2 N–H and O–H groups in total. The van der Waals surface area contributed by atoms with Crippen LogP contribution < -0.4 is 21.3 Å². The molecular weight excluding hydrogens is 262 g/mol. The van der Waals surface area contributed by atoms with E-state index in [4.69, 9.17) is 4.74 Å². The highest BCUT2D eigenvalue weighted by atomic mass is 16.5. The average molecular weight is 279 g/mol. The van der Waals surface area contributed by atoms with E-state index in [0.717, 1.165) is 30.5 Å². The Morgan fingerprint density at radius 2 is 2.10 bits per heavy atom. The number of fused-ring (bicyclic) bond motifs is 1. The Labute approximate surface area is 114 Å². The van der Waals surface area contributed by atoms with Crippen molar-refractivity contribution in [3.05, 3.63) is 20.8 Å². The molecule has 0 radical (unpaired) electrons. The van der Waals surface area contributed by atoms with E-state index in [1.54, 1.807) is 7.05 Å². The van der Waals surface area contributed by atoms with Gasteiger partial charge >= 0.3 is 5.69 Å². The largest absolute Gasteiger partial charge is 0.460 e. The third-order valence-corrected chi connectivity index (χ3v) is 3.60. The van der Waals surface area contributed by atoms with Gasteiger partial charge in [-0.3, -0.25) is 13.9 Å². The minimum atomic E-state index is -0.403. The molecule has 1 atom stereocenters. The molecule has 0 saturated carbocycles. The Morgan fingerprint density at radius 1 is 1.30 bits per heavy atom. The molecule has 1 unspecified atom stereocenters. The van der Waals surface area contributed by atoms with E-state index >= 15 is 0 Å². The maximum atomic E-state index is 12.0. The number of aromatic nitrogens is 4. The van der Waals surface area contributed by atoms with E-state index in [1.165, 1.54) is 11.6 Å². The third-order valence-electron chi connectivity index (χ3n) is 3.60. The van der Waals surface area contributed by atoms with Crippen LogP contribution >= 0.6 is 0 Å². The van der Waals surface area contributed by atoms with Gasteiger partial charge < -0.3 is 15.0 Å². The Kier molecular flexibility index (Phi) is 3.09. The Balaban J connectivity index is 2.02. The van der Waals surface area contributed by atoms with Crippen LogP contribution in [0.4, 0.5) is 0 Å². The fraction of sp³-hybridized carbons (Fsp3) is 0.583. The smallest absolute Gasteiger partial charge is 0.332 e. The molecule has 108 valence electrons. The summed E-state index contributed by atoms with van der Waals surface area (Å²) in [5.74, 6) is 0. The van der Waals surface area contributed by atoms with Crippen LogP contribution in [0.5, 0.6) is 6.01 Å². The predicted molar refractivity (Wildman–Crippen MR) is 73.1 cm³/mol. The number of piperidine rings is 1. The van der Waals surface area contributed by atoms with E-state index in [2.05, 4.69) is 15.3 Å². The first-order valence-electron chi connectivity index (χ1n) is 6.61. The van der Waals surface area contributed by atoms with Crippen molar-refractivity contribution in [1.82, 2.24) is 24.4 Å². The van der Waals surface area contributed by atoms with Crippen molar-refractivity contribution in [2.45, 2.75) is 18.9 Å². The van der Waals surface area contributed by atoms with Crippen LogP contribution in [0.1, 0.15) is 12.8 Å². The fourth-order valence-electron chi connectivity index (χ4n) is 2.44. The van der Waals surface area contributed by atoms with Crippen molar-refractivity contribution in [3.63, 3.8) is 0 Å². The number of nitrogens with zero attached hydrogens (tertiary/aromatic N) is 3. The lowest BCUT2D eigenvalue weighted by Gasteiger charge is -2.22. The molecule has 0 aromatic carbocycles. The number of hydrogen-bond acceptors (Lipinski definition) is 5. The number of aryl methyl sites for hydroxylation is 1. The second kappa shape index (κ2) is 4.78. The zero-order chi connectivity index (χ0) is 14.3. The summed E-state index contributed by atoms with van der Waals surface area (Å²) in [5, 5.41) is 3.24. The van der Waals surface area contributed by atoms with Crippen molar-refractivity contribution in [2.75, 3.05) is 13.1 Å². The molecule has 0 spiro atoms. The third kappa shape index (κ3) is 2.01. The van der Waals surface area contributed by atoms with Gasteiger partial charge in [0, 0.05) is 20.6 Å². The van der Waals surface area contributed by atoms with Gasteiger partial charge in [-0.15, -0.1) is 0 Å². The maximum absolute atomic E-state index is 12.0. The van der Waals surface area contributed by atoms with Crippen molar-refractivity contribution >= 4 is 11.2 Å². The standard InChI is InChI=1S/C12H17N5O3/c1-16-9-8(10(18)17(2)12(16)19)14-11(15-9)20-7-4-3-5-13-6-7/h7,13H,3-6H2,1-2H3,(H,14,15). The number of H-pyrrole nitrogens is 1. The number of nitrogens with one attached hydrogen (secondary N) is 2. The monoisotopic (exact) mass is 279 g/mol. The SMILES string of the molecule is Cn1c(=O)c2[nH]c(OC3CCCNC3)nc2n(C)c1=O. The van der Waals surface area contributed by atoms with Crippen LogP contribution in [0.2, 0.25) is 0 Å². The first-order chi connectivity index (χ1) is 9.58. The molecule has 2 aromatic rings. The van der Waals surface area contributed by atoms with Gasteiger partial charge in [0.15, 0.2) is 11.2 Å². The normalized spacial score (nSPS) is 19.4. The molecule has 0 bridgehead atoms. The highest BCUT2D eigenvalue weighted by Gasteiger charge is 2.18. The number of rotatable bonds is 2. The number of imidazole rings is 1. The Hall–Kier alpha value is -2.09. The first-order valence-corrected chi connectivity index (χ1v) is 6.61. The van der Waals surface area contributed by atoms with Crippen LogP contribution in [0.15, 0.2) is 9.59 Å². The van der Waals surface area contributed by atoms with Gasteiger partial charge in [-0.25, -0.2) is 4.79 Å². The summed E-state index contributed by atoms with van der Waals surface area (Å²) >= 11 is 0. The lowest BCUT2D eigenvalue weighted by Crippen LogP contribution is -2.37. The van der Waals surface area contributed by atoms with Gasteiger partial charge in [0.05, 0.1) is 0 Å². The van der Waals surface area contributed by atoms with E-state index < -0.39 is 11.2 Å². The van der Waals surface area contributed by atoms with Gasteiger partial charge in [-0.2, -0.15) is 4.98 Å². The van der Waals surface area contributed by atoms with E-state index in [-0.39, 0.29) is 17.6 Å². The average Bonchev–Trinajstić information content (AvgIpc) is 2.88. The van der Waals surface area contributed by atoms with Crippen molar-refractivity contribution in [2.24, 2.45) is 14.1 Å². The molecule has 1 aliphatic heterocycles. The second-order valence-corrected chi connectivity index (χ2v) is 5.03. The number of hydrogen-bond donors (Lipinski definition) is 2. The minimum absolute atomic E-state index is 0.0326. The lowest BCUT2D eigenvalue weighted by molar-refractivity contribution is 0.155. The summed E-state index contributed by atoms with van der Waals surface area (Å²) < 4.78 is 8.12. The molecule has 8 heteroatoms. The minimum Gasteiger partial charge on any atom is -0.460 e. The van der Waals surface area contributed by atoms with Crippen LogP contribution in [0, 0.1) is 0 Å². The van der Waals surface area contributed by atoms with Gasteiger partial charge in [-0.1, -0.05) is 0 Å². The lowest BCUT2D eigenvalue weighted by atomic mass is 10.1. The summed E-state index contributed by atoms with van der Waals surface area (Å²) in [6.45, 7) is 1.75. The summed E-state index contributed by atoms with van der Waals surface area (Å²) in [6, 6.07) is 0.284. The number of aromatic amines is 1. The second-order valence-electron chi connectivity index (χ2n) is 5.03. The molecule has 20 heavy (non-hydrogen) atoms. The molecule has 8 nitrogen and oxygen atoms in total. The van der Waals surface area contributed by atoms with Gasteiger partial charge in [-0.05, 0) is 19.4 Å². The van der Waals surface area contributed by atoms with E-state index in [0.29, 0.717) is 5.65 Å². The van der Waals surface area contributed by atoms with Crippen molar-refractivity contribution in [1.29, 1.82) is 0 Å². The quantitative estimate of drug-likeness (QED) is 0.742. The fourth-order valence-corrected chi connectivity index (χ4v) is 2.44. The highest BCUT2D eigenvalue weighted by molar-refractivity contribution is 5.70. The van der Waals surface area contributed by atoms with Crippen LogP contribution in [0.25, 0.3) is 11.2 Å². The van der Waals surface area contributed by atoms with Crippen molar-refractivity contribution < 1.29 is 4.74 Å². The molecule has 1 fully saturated rings. The Morgan fingerprint density at radius 3 is 2.80 bits per heavy atom. The maximum Gasteiger partial charge on any atom is 0.332 e. The molecule has 3 heterocycles. The summed E-state index contributed by atoms with van der Waals surface area (Å²) in [6.07, 6.45) is 2.02. The Bertz CT molecular complexity index is 751. The van der Waals surface area contributed by atoms with Crippen LogP contribution in [-0.2, 0) is 14.1 Å². The van der Waals surface area contributed by atoms with Crippen molar-refractivity contribution in [3.8, 4) is 6.01 Å². The zero-order valence-corrected chi connectivity index (χ0v) is 11.5. The van der Waals surface area contributed by atoms with E-state index in [9.17, 15) is 9.59 Å². The molecule has 1 aliphatic rings. The van der Waals surface area contributed by atoms with Crippen LogP contribution in [-0.4, -0.2) is 38.3 Å². The number of ether oxygens (including phenoxy) is 1. The van der Waals surface area contributed by atoms with Gasteiger partial charge in [0.25, 0.3) is 11.6 Å². The first kappa shape index (κ1) is 12.9. The van der Waals surface area contributed by atoms with E-state index in [1.807, 2.05) is 0 Å². The molecule has 1 saturated heterocycles. The predicted octanol–water partition coefficient (Wildman–Crippen LogP) is -0.909. The zero-order valence-electron chi connectivity index (χ0n) is 11.5. The van der Waals surface area contributed by atoms with Gasteiger partial charge in [0.2, 0.25) is 0 Å². The highest BCUT2D eigenvalue weighted by Crippen LogP contribution is 2.14. The molecule has 0 aliphatic carbocycles. The molecule has 0 amide bonds. The molecule has 2 aromatic heterocycles. The molecular formula is C12H17N5O3. The van der Waals surface area contributed by atoms with Gasteiger partial charge in [0.1, 0.15) is 6.10 Å². The molecule has 3 rings (SSSR count).